The van der Waals surface area contributed by atoms with Crippen LogP contribution in [0.25, 0.3) is 10.9 Å². The Balaban J connectivity index is 1.39. The smallest absolute Gasteiger partial charge is 0.307 e. The first kappa shape index (κ1) is 18.4. The van der Waals surface area contributed by atoms with Gasteiger partial charge in [-0.25, -0.2) is 0 Å². The lowest BCUT2D eigenvalue weighted by molar-refractivity contribution is -0.138. The van der Waals surface area contributed by atoms with Crippen LogP contribution >= 0.6 is 0 Å². The summed E-state index contributed by atoms with van der Waals surface area (Å²) in [4.78, 5) is 11.1. The molecule has 3 unspecified atom stereocenters. The Morgan fingerprint density at radius 2 is 1.90 bits per heavy atom. The lowest BCUT2D eigenvalue weighted by Gasteiger charge is -2.20. The van der Waals surface area contributed by atoms with Gasteiger partial charge in [-0.1, -0.05) is 54.6 Å². The highest BCUT2D eigenvalue weighted by Gasteiger charge is 2.44. The van der Waals surface area contributed by atoms with Crippen LogP contribution in [0.4, 0.5) is 0 Å². The maximum Gasteiger partial charge on any atom is 0.307 e. The van der Waals surface area contributed by atoms with E-state index < -0.39 is 5.97 Å². The molecule has 1 aromatic heterocycles. The Kier molecular flexibility index (Phi) is 4.71. The van der Waals surface area contributed by atoms with E-state index in [9.17, 15) is 4.79 Å². The van der Waals surface area contributed by atoms with Crippen LogP contribution in [0.3, 0.4) is 0 Å². The van der Waals surface area contributed by atoms with E-state index >= 15 is 0 Å². The zero-order chi connectivity index (χ0) is 20.5. The molecule has 1 heterocycles. The number of hydrogen-bond donors (Lipinski definition) is 2. The number of carbonyl (C=O) groups is 1. The van der Waals surface area contributed by atoms with Crippen LogP contribution in [0, 0.1) is 5.92 Å². The molecule has 1 aliphatic rings. The fourth-order valence-electron chi connectivity index (χ4n) is 4.00. The van der Waals surface area contributed by atoms with Gasteiger partial charge in [0.25, 0.3) is 0 Å². The van der Waals surface area contributed by atoms with Crippen LogP contribution in [0.1, 0.15) is 35.1 Å². The summed E-state index contributed by atoms with van der Waals surface area (Å²) in [6, 6.07) is 24.4. The number of aromatic amines is 1. The van der Waals surface area contributed by atoms with Gasteiger partial charge in [0, 0.05) is 11.8 Å². The van der Waals surface area contributed by atoms with E-state index in [1.165, 1.54) is 5.56 Å². The molecule has 0 amide bonds. The monoisotopic (exact) mass is 398 g/mol. The number of hydrogen-bond acceptors (Lipinski definition) is 3. The van der Waals surface area contributed by atoms with Gasteiger partial charge in [0.15, 0.2) is 0 Å². The number of aromatic nitrogens is 2. The number of carboxylic acids is 1. The Morgan fingerprint density at radius 3 is 2.63 bits per heavy atom. The molecule has 0 spiro atoms. The predicted octanol–water partition coefficient (Wildman–Crippen LogP) is 5.11. The van der Waals surface area contributed by atoms with Crippen molar-refractivity contribution in [3.8, 4) is 5.75 Å². The first-order valence-corrected chi connectivity index (χ1v) is 10.1. The molecular formula is C25H22N2O3. The van der Waals surface area contributed by atoms with Crippen molar-refractivity contribution < 1.29 is 14.6 Å². The molecule has 3 aromatic carbocycles. The highest BCUT2D eigenvalue weighted by Crippen LogP contribution is 2.47. The van der Waals surface area contributed by atoms with Crippen LogP contribution in [0.2, 0.25) is 0 Å². The minimum atomic E-state index is -0.711. The third kappa shape index (κ3) is 3.79. The summed E-state index contributed by atoms with van der Waals surface area (Å²) >= 11 is 0. The average molecular weight is 398 g/mol. The lowest BCUT2D eigenvalue weighted by atomic mass is 10.00. The molecule has 0 aliphatic heterocycles. The predicted molar refractivity (Wildman–Crippen MR) is 115 cm³/mol. The second kappa shape index (κ2) is 7.67. The van der Waals surface area contributed by atoms with Gasteiger partial charge in [-0.3, -0.25) is 9.89 Å². The number of fused-ring (bicyclic) bond motifs is 1. The maximum atomic E-state index is 11.1. The second-order valence-corrected chi connectivity index (χ2v) is 7.87. The second-order valence-electron chi connectivity index (χ2n) is 7.87. The summed E-state index contributed by atoms with van der Waals surface area (Å²) in [5.41, 5.74) is 4.32. The van der Waals surface area contributed by atoms with E-state index in [1.807, 2.05) is 48.7 Å². The Labute approximate surface area is 174 Å². The van der Waals surface area contributed by atoms with Crippen LogP contribution in [-0.2, 0) is 11.2 Å². The highest BCUT2D eigenvalue weighted by atomic mass is 16.5. The van der Waals surface area contributed by atoms with Crippen molar-refractivity contribution in [2.75, 3.05) is 0 Å². The van der Waals surface area contributed by atoms with Crippen LogP contribution in [0.15, 0.2) is 79.0 Å². The molecule has 1 fully saturated rings. The van der Waals surface area contributed by atoms with E-state index in [1.54, 1.807) is 0 Å². The summed E-state index contributed by atoms with van der Waals surface area (Å²) in [7, 11) is 0. The minimum absolute atomic E-state index is 0.124. The zero-order valence-corrected chi connectivity index (χ0v) is 16.4. The molecule has 0 radical (unpaired) electrons. The number of rotatable bonds is 7. The van der Waals surface area contributed by atoms with Gasteiger partial charge in [-0.05, 0) is 47.2 Å². The largest absolute Gasteiger partial charge is 0.485 e. The van der Waals surface area contributed by atoms with Gasteiger partial charge >= 0.3 is 5.97 Å². The zero-order valence-electron chi connectivity index (χ0n) is 16.4. The van der Waals surface area contributed by atoms with Crippen molar-refractivity contribution in [2.24, 2.45) is 5.92 Å². The molecule has 0 saturated heterocycles. The molecule has 2 N–H and O–H groups in total. The van der Waals surface area contributed by atoms with Crippen molar-refractivity contribution in [3.05, 3.63) is 95.7 Å². The molecule has 1 saturated carbocycles. The van der Waals surface area contributed by atoms with Gasteiger partial charge < -0.3 is 9.84 Å². The third-order valence-electron chi connectivity index (χ3n) is 5.80. The fourth-order valence-corrected chi connectivity index (χ4v) is 4.00. The highest BCUT2D eigenvalue weighted by molar-refractivity contribution is 5.78. The van der Waals surface area contributed by atoms with Gasteiger partial charge in [0.1, 0.15) is 11.9 Å². The van der Waals surface area contributed by atoms with Crippen molar-refractivity contribution in [1.29, 1.82) is 0 Å². The first-order valence-electron chi connectivity index (χ1n) is 10.1. The van der Waals surface area contributed by atoms with Crippen LogP contribution in [0.5, 0.6) is 5.75 Å². The van der Waals surface area contributed by atoms with Gasteiger partial charge in [-0.2, -0.15) is 5.10 Å². The Morgan fingerprint density at radius 1 is 1.10 bits per heavy atom. The summed E-state index contributed by atoms with van der Waals surface area (Å²) in [6.07, 6.45) is 3.12. The summed E-state index contributed by atoms with van der Waals surface area (Å²) in [5.74, 6) is -0.0578. The summed E-state index contributed by atoms with van der Waals surface area (Å²) in [5, 5.41) is 17.4. The van der Waals surface area contributed by atoms with E-state index in [4.69, 9.17) is 9.84 Å². The number of benzene rings is 3. The lowest BCUT2D eigenvalue weighted by Crippen LogP contribution is -2.11. The standard InChI is InChI=1S/C25H22N2O3/c28-25(29)22-14-21(22)17-8-10-20(11-9-17)30-24(12-16-4-2-1-3-5-16)18-6-7-19-15-26-27-23(19)13-18/h1-11,13,15,21-22,24H,12,14H2,(H,26,27)(H,28,29). The number of H-pyrrole nitrogens is 1. The van der Waals surface area contributed by atoms with Crippen molar-refractivity contribution in [3.63, 3.8) is 0 Å². The molecule has 30 heavy (non-hydrogen) atoms. The summed E-state index contributed by atoms with van der Waals surface area (Å²) < 4.78 is 6.41. The molecule has 5 heteroatoms. The van der Waals surface area contributed by atoms with Crippen molar-refractivity contribution in [2.45, 2.75) is 24.9 Å². The molecule has 3 atom stereocenters. The number of ether oxygens (including phenoxy) is 1. The number of nitrogens with one attached hydrogen (secondary N) is 1. The molecule has 5 rings (SSSR count). The quantitative estimate of drug-likeness (QED) is 0.453. The molecule has 0 bridgehead atoms. The Hall–Kier alpha value is -3.60. The maximum absolute atomic E-state index is 11.1. The average Bonchev–Trinajstić information content (AvgIpc) is 3.44. The normalized spacial score (nSPS) is 18.8. The summed E-state index contributed by atoms with van der Waals surface area (Å²) in [6.45, 7) is 0. The van der Waals surface area contributed by atoms with Gasteiger partial charge in [0.2, 0.25) is 0 Å². The van der Waals surface area contributed by atoms with Crippen LogP contribution in [-0.4, -0.2) is 21.3 Å². The SMILES string of the molecule is O=C(O)C1CC1c1ccc(OC(Cc2ccccc2)c2ccc3cn[nH]c3c2)cc1. The van der Waals surface area contributed by atoms with E-state index in [0.29, 0.717) is 0 Å². The Bertz CT molecular complexity index is 1170. The van der Waals surface area contributed by atoms with Crippen molar-refractivity contribution in [1.82, 2.24) is 10.2 Å². The third-order valence-corrected chi connectivity index (χ3v) is 5.80. The molecule has 150 valence electrons. The van der Waals surface area contributed by atoms with Gasteiger partial charge in [0.05, 0.1) is 17.6 Å². The molecule has 5 nitrogen and oxygen atoms in total. The van der Waals surface area contributed by atoms with E-state index in [2.05, 4.69) is 40.5 Å². The minimum Gasteiger partial charge on any atom is -0.485 e. The van der Waals surface area contributed by atoms with Crippen LogP contribution < -0.4 is 4.74 Å². The molecule has 4 aromatic rings. The van der Waals surface area contributed by atoms with E-state index in [-0.39, 0.29) is 17.9 Å². The molecular weight excluding hydrogens is 376 g/mol. The fraction of sp³-hybridized carbons (Fsp3) is 0.200. The first-order chi connectivity index (χ1) is 14.7. The van der Waals surface area contributed by atoms with Gasteiger partial charge in [-0.15, -0.1) is 0 Å². The topological polar surface area (TPSA) is 75.2 Å². The molecule has 1 aliphatic carbocycles. The van der Waals surface area contributed by atoms with E-state index in [0.717, 1.165) is 40.6 Å². The number of nitrogens with zero attached hydrogens (tertiary/aromatic N) is 1. The number of aliphatic carboxylic acids is 1. The van der Waals surface area contributed by atoms with Crippen molar-refractivity contribution >= 4 is 16.9 Å². The number of carboxylic acid groups (broad SMARTS) is 1.